The van der Waals surface area contributed by atoms with E-state index in [1.807, 2.05) is 0 Å². The zero-order valence-corrected chi connectivity index (χ0v) is 17.8. The first kappa shape index (κ1) is 23.3. The van der Waals surface area contributed by atoms with Gasteiger partial charge in [-0.05, 0) is 35.7 Å². The molecule has 32 heavy (non-hydrogen) atoms. The van der Waals surface area contributed by atoms with E-state index in [1.165, 1.54) is 16.9 Å². The van der Waals surface area contributed by atoms with Crippen LogP contribution in [0.25, 0.3) is 5.82 Å². The van der Waals surface area contributed by atoms with Crippen molar-refractivity contribution in [3.05, 3.63) is 76.2 Å². The molecule has 0 unspecified atom stereocenters. The van der Waals surface area contributed by atoms with Crippen molar-refractivity contribution in [1.82, 2.24) is 25.6 Å². The van der Waals surface area contributed by atoms with E-state index in [2.05, 4.69) is 20.9 Å². The Kier molecular flexibility index (Phi) is 6.83. The number of halogens is 4. The number of hydrazine groups is 1. The van der Waals surface area contributed by atoms with Crippen LogP contribution in [-0.4, -0.2) is 26.6 Å². The lowest BCUT2D eigenvalue weighted by atomic mass is 10.1. The van der Waals surface area contributed by atoms with Gasteiger partial charge in [0.1, 0.15) is 0 Å². The van der Waals surface area contributed by atoms with Gasteiger partial charge in [-0.15, -0.1) is 0 Å². The zero-order chi connectivity index (χ0) is 23.5. The molecule has 3 rings (SSSR count). The highest BCUT2D eigenvalue weighted by Crippen LogP contribution is 2.29. The Labute approximate surface area is 186 Å². The number of hydrogen-bond donors (Lipinski definition) is 2. The maximum absolute atomic E-state index is 12.8. The van der Waals surface area contributed by atoms with Crippen molar-refractivity contribution < 1.29 is 22.8 Å². The van der Waals surface area contributed by atoms with Crippen molar-refractivity contribution in [2.24, 2.45) is 0 Å². The summed E-state index contributed by atoms with van der Waals surface area (Å²) in [7, 11) is 0. The molecule has 0 saturated carbocycles. The Balaban J connectivity index is 1.73. The molecule has 2 amide bonds. The first-order valence-electron chi connectivity index (χ1n) is 9.51. The normalized spacial score (nSPS) is 11.5. The summed E-state index contributed by atoms with van der Waals surface area (Å²) in [4.78, 5) is 28.6. The molecular weight excluding hydrogens is 447 g/mol. The third-order valence-corrected chi connectivity index (χ3v) is 4.74. The van der Waals surface area contributed by atoms with E-state index < -0.39 is 23.6 Å². The number of benzene rings is 1. The van der Waals surface area contributed by atoms with Crippen LogP contribution in [0.5, 0.6) is 0 Å². The summed E-state index contributed by atoms with van der Waals surface area (Å²) < 4.78 is 39.7. The highest BCUT2D eigenvalue weighted by atomic mass is 35.5. The van der Waals surface area contributed by atoms with Crippen LogP contribution >= 0.6 is 11.6 Å². The van der Waals surface area contributed by atoms with Crippen molar-refractivity contribution in [2.75, 3.05) is 0 Å². The lowest BCUT2D eigenvalue weighted by molar-refractivity contribution is -0.137. The van der Waals surface area contributed by atoms with Crippen molar-refractivity contribution in [1.29, 1.82) is 0 Å². The number of amides is 2. The maximum atomic E-state index is 12.8. The van der Waals surface area contributed by atoms with E-state index in [-0.39, 0.29) is 23.7 Å². The van der Waals surface area contributed by atoms with Crippen molar-refractivity contribution >= 4 is 23.4 Å². The van der Waals surface area contributed by atoms with Crippen molar-refractivity contribution in [3.8, 4) is 5.82 Å². The molecular formula is C21H19ClF3N5O2. The minimum absolute atomic E-state index is 0.0310. The number of alkyl halides is 3. The summed E-state index contributed by atoms with van der Waals surface area (Å²) in [5.74, 6) is -1.14. The van der Waals surface area contributed by atoms with E-state index >= 15 is 0 Å². The number of hydrogen-bond acceptors (Lipinski definition) is 4. The Bertz CT molecular complexity index is 1110. The lowest BCUT2D eigenvalue weighted by Crippen LogP contribution is -2.42. The van der Waals surface area contributed by atoms with Crippen LogP contribution in [0.15, 0.2) is 48.8 Å². The summed E-state index contributed by atoms with van der Waals surface area (Å²) in [5.41, 5.74) is 5.08. The molecule has 0 aliphatic rings. The number of nitrogens with zero attached hydrogens (tertiary/aromatic N) is 3. The summed E-state index contributed by atoms with van der Waals surface area (Å²) in [6.07, 6.45) is -2.50. The van der Waals surface area contributed by atoms with Crippen LogP contribution in [0.1, 0.15) is 46.9 Å². The van der Waals surface area contributed by atoms with Crippen molar-refractivity contribution in [2.45, 2.75) is 32.4 Å². The number of carbonyl (C=O) groups excluding carboxylic acids is 2. The molecule has 168 valence electrons. The molecule has 2 aromatic heterocycles. The molecule has 1 aromatic carbocycles. The highest BCUT2D eigenvalue weighted by Gasteiger charge is 2.31. The van der Waals surface area contributed by atoms with Gasteiger partial charge in [-0.1, -0.05) is 37.6 Å². The molecule has 0 aliphatic heterocycles. The fraction of sp³-hybridized carbons (Fsp3) is 0.238. The summed E-state index contributed by atoms with van der Waals surface area (Å²) in [6.45, 7) is 3.60. The number of pyridine rings is 1. The van der Waals surface area contributed by atoms with Gasteiger partial charge in [0.05, 0.1) is 29.4 Å². The Morgan fingerprint density at radius 3 is 2.31 bits per heavy atom. The average molecular weight is 466 g/mol. The van der Waals surface area contributed by atoms with E-state index in [0.717, 1.165) is 6.07 Å². The molecule has 0 spiro atoms. The smallest absolute Gasteiger partial charge is 0.273 e. The van der Waals surface area contributed by atoms with E-state index in [1.54, 1.807) is 38.1 Å². The molecule has 0 atom stereocenters. The maximum Gasteiger partial charge on any atom is 0.417 e. The summed E-state index contributed by atoms with van der Waals surface area (Å²) >= 11 is 5.81. The minimum Gasteiger partial charge on any atom is -0.273 e. The first-order chi connectivity index (χ1) is 15.1. The Hall–Kier alpha value is -3.40. The molecule has 0 radical (unpaired) electrons. The fourth-order valence-electron chi connectivity index (χ4n) is 2.98. The lowest BCUT2D eigenvalue weighted by Gasteiger charge is -2.13. The van der Waals surface area contributed by atoms with Crippen molar-refractivity contribution in [3.63, 3.8) is 0 Å². The second kappa shape index (κ2) is 9.39. The highest BCUT2D eigenvalue weighted by molar-refractivity contribution is 6.30. The predicted octanol–water partition coefficient (Wildman–Crippen LogP) is 4.07. The standard InChI is InChI=1S/C21H19ClF3N5O2/c1-12(2)19-16(11-27-30(19)17-8-5-14(10-26-17)21(23,24)25)20(32)29-28-18(31)9-13-3-6-15(22)7-4-13/h3-8,10-12H,9H2,1-2H3,(H,28,31)(H,29,32). The zero-order valence-electron chi connectivity index (χ0n) is 17.1. The van der Waals surface area contributed by atoms with Gasteiger partial charge in [0, 0.05) is 11.2 Å². The van der Waals surface area contributed by atoms with Crippen LogP contribution < -0.4 is 10.9 Å². The van der Waals surface area contributed by atoms with Crippen LogP contribution in [-0.2, 0) is 17.4 Å². The van der Waals surface area contributed by atoms with Gasteiger partial charge < -0.3 is 0 Å². The van der Waals surface area contributed by atoms with Gasteiger partial charge in [-0.25, -0.2) is 9.67 Å². The largest absolute Gasteiger partial charge is 0.417 e. The second-order valence-corrected chi connectivity index (χ2v) is 7.65. The van der Waals surface area contributed by atoms with Gasteiger partial charge in [-0.2, -0.15) is 18.3 Å². The fourth-order valence-corrected chi connectivity index (χ4v) is 3.10. The SMILES string of the molecule is CC(C)c1c(C(=O)NNC(=O)Cc2ccc(Cl)cc2)cnn1-c1ccc(C(F)(F)F)cn1. The molecule has 0 fully saturated rings. The van der Waals surface area contributed by atoms with Gasteiger partial charge in [-0.3, -0.25) is 20.4 Å². The van der Waals surface area contributed by atoms with Crippen LogP contribution in [0.4, 0.5) is 13.2 Å². The van der Waals surface area contributed by atoms with E-state index in [0.29, 0.717) is 22.5 Å². The molecule has 3 aromatic rings. The monoisotopic (exact) mass is 465 g/mol. The van der Waals surface area contributed by atoms with Crippen LogP contribution in [0.3, 0.4) is 0 Å². The number of aromatic nitrogens is 3. The van der Waals surface area contributed by atoms with Gasteiger partial charge in [0.25, 0.3) is 5.91 Å². The quantitative estimate of drug-likeness (QED) is 0.556. The summed E-state index contributed by atoms with van der Waals surface area (Å²) in [6, 6.07) is 8.77. The van der Waals surface area contributed by atoms with Gasteiger partial charge in [0.15, 0.2) is 5.82 Å². The number of rotatable bonds is 5. The molecule has 11 heteroatoms. The first-order valence-corrected chi connectivity index (χ1v) is 9.89. The number of carbonyl (C=O) groups is 2. The average Bonchev–Trinajstić information content (AvgIpc) is 3.19. The van der Waals surface area contributed by atoms with Gasteiger partial charge in [0.2, 0.25) is 5.91 Å². The molecule has 0 saturated heterocycles. The Morgan fingerprint density at radius 1 is 1.06 bits per heavy atom. The molecule has 0 bridgehead atoms. The van der Waals surface area contributed by atoms with Crippen LogP contribution in [0.2, 0.25) is 5.02 Å². The molecule has 2 N–H and O–H groups in total. The number of nitrogens with one attached hydrogen (secondary N) is 2. The summed E-state index contributed by atoms with van der Waals surface area (Å²) in [5, 5.41) is 4.66. The second-order valence-electron chi connectivity index (χ2n) is 7.22. The van der Waals surface area contributed by atoms with E-state index in [4.69, 9.17) is 11.6 Å². The topological polar surface area (TPSA) is 88.9 Å². The molecule has 0 aliphatic carbocycles. The van der Waals surface area contributed by atoms with Gasteiger partial charge >= 0.3 is 6.18 Å². The van der Waals surface area contributed by atoms with Crippen LogP contribution in [0, 0.1) is 0 Å². The Morgan fingerprint density at radius 2 is 1.75 bits per heavy atom. The van der Waals surface area contributed by atoms with E-state index in [9.17, 15) is 22.8 Å². The third-order valence-electron chi connectivity index (χ3n) is 4.48. The minimum atomic E-state index is -4.51. The molecule has 2 heterocycles. The molecule has 7 nitrogen and oxygen atoms in total. The third kappa shape index (κ3) is 5.44. The predicted molar refractivity (Wildman–Crippen MR) is 111 cm³/mol.